The summed E-state index contributed by atoms with van der Waals surface area (Å²) in [6.45, 7) is 1.99. The first-order chi connectivity index (χ1) is 16.9. The zero-order valence-corrected chi connectivity index (χ0v) is 20.6. The van der Waals surface area contributed by atoms with Crippen LogP contribution in [0.4, 0.5) is 19.0 Å². The lowest BCUT2D eigenvalue weighted by Gasteiger charge is -2.39. The molecule has 1 saturated heterocycles. The number of halogens is 4. The molecule has 12 heteroatoms. The summed E-state index contributed by atoms with van der Waals surface area (Å²) in [7, 11) is -3.89. The lowest BCUT2D eigenvalue weighted by Crippen LogP contribution is -2.54. The Morgan fingerprint density at radius 1 is 1.08 bits per heavy atom. The van der Waals surface area contributed by atoms with Crippen molar-refractivity contribution in [3.63, 3.8) is 0 Å². The summed E-state index contributed by atoms with van der Waals surface area (Å²) in [5, 5.41) is -0.291. The number of piperazine rings is 1. The highest BCUT2D eigenvalue weighted by Crippen LogP contribution is 2.34. The summed E-state index contributed by atoms with van der Waals surface area (Å²) < 4.78 is 67.6. The number of carbonyl (C=O) groups is 1. The highest BCUT2D eigenvalue weighted by Gasteiger charge is 2.36. The number of pyridine rings is 1. The van der Waals surface area contributed by atoms with Gasteiger partial charge in [-0.3, -0.25) is 4.79 Å². The molecule has 0 spiro atoms. The van der Waals surface area contributed by atoms with Crippen molar-refractivity contribution < 1.29 is 26.4 Å². The zero-order chi connectivity index (χ0) is 26.3. The van der Waals surface area contributed by atoms with Crippen LogP contribution in [0.1, 0.15) is 22.8 Å². The van der Waals surface area contributed by atoms with Crippen molar-refractivity contribution in [2.24, 2.45) is 5.73 Å². The number of primary amides is 1. The number of rotatable bonds is 5. The van der Waals surface area contributed by atoms with Gasteiger partial charge in [-0.25, -0.2) is 13.4 Å². The van der Waals surface area contributed by atoms with Gasteiger partial charge in [-0.2, -0.15) is 17.5 Å². The summed E-state index contributed by atoms with van der Waals surface area (Å²) in [6.07, 6.45) is -4.58. The van der Waals surface area contributed by atoms with Gasteiger partial charge in [0.2, 0.25) is 15.9 Å². The average molecular weight is 539 g/mol. The van der Waals surface area contributed by atoms with E-state index < -0.39 is 33.7 Å². The molecule has 7 nitrogen and oxygen atoms in total. The number of sulfonamides is 1. The number of carbonyl (C=O) groups excluding carboxylic acids is 1. The Hall–Kier alpha value is -3.15. The normalized spacial score (nSPS) is 17.2. The van der Waals surface area contributed by atoms with Crippen LogP contribution >= 0.6 is 11.6 Å². The number of amides is 1. The molecule has 0 saturated carbocycles. The maximum atomic E-state index is 13.4. The molecule has 1 aromatic heterocycles. The van der Waals surface area contributed by atoms with Crippen LogP contribution in [0, 0.1) is 0 Å². The number of hydrogen-bond donors (Lipinski definition) is 1. The first-order valence-corrected chi connectivity index (χ1v) is 12.7. The Kier molecular flexibility index (Phi) is 7.00. The van der Waals surface area contributed by atoms with Crippen LogP contribution in [0.25, 0.3) is 11.1 Å². The number of hydrogen-bond acceptors (Lipinski definition) is 5. The van der Waals surface area contributed by atoms with Gasteiger partial charge in [0.1, 0.15) is 11.0 Å². The first kappa shape index (κ1) is 25.9. The van der Waals surface area contributed by atoms with Crippen molar-refractivity contribution >= 4 is 33.3 Å². The summed E-state index contributed by atoms with van der Waals surface area (Å²) in [4.78, 5) is 17.4. The molecule has 1 atom stereocenters. The molecule has 1 fully saturated rings. The molecule has 0 aliphatic carbocycles. The molecular formula is C24H22ClF3N4O3S. The second-order valence-electron chi connectivity index (χ2n) is 8.38. The predicted molar refractivity (Wildman–Crippen MR) is 130 cm³/mol. The molecule has 1 unspecified atom stereocenters. The van der Waals surface area contributed by atoms with Gasteiger partial charge in [0.05, 0.1) is 10.5 Å². The summed E-state index contributed by atoms with van der Waals surface area (Å²) >= 11 is 5.81. The lowest BCUT2D eigenvalue weighted by molar-refractivity contribution is -0.137. The van der Waals surface area contributed by atoms with Crippen molar-refractivity contribution in [3.8, 4) is 11.1 Å². The van der Waals surface area contributed by atoms with Gasteiger partial charge in [-0.1, -0.05) is 41.9 Å². The van der Waals surface area contributed by atoms with E-state index in [2.05, 4.69) is 4.98 Å². The Morgan fingerprint density at radius 2 is 1.75 bits per heavy atom. The smallest absolute Gasteiger partial charge is 0.366 e. The molecule has 1 aliphatic heterocycles. The van der Waals surface area contributed by atoms with Gasteiger partial charge in [-0.05, 0) is 48.4 Å². The van der Waals surface area contributed by atoms with E-state index >= 15 is 0 Å². The molecule has 2 N–H and O–H groups in total. The highest BCUT2D eigenvalue weighted by atomic mass is 35.5. The average Bonchev–Trinajstić information content (AvgIpc) is 2.83. The first-order valence-electron chi connectivity index (χ1n) is 10.9. The quantitative estimate of drug-likeness (QED) is 0.485. The molecule has 190 valence electrons. The van der Waals surface area contributed by atoms with Crippen LogP contribution in [0.15, 0.2) is 65.6 Å². The van der Waals surface area contributed by atoms with Crippen LogP contribution in [-0.4, -0.2) is 49.3 Å². The molecule has 4 rings (SSSR count). The molecule has 0 bridgehead atoms. The molecule has 0 radical (unpaired) electrons. The van der Waals surface area contributed by atoms with Crippen molar-refractivity contribution in [1.82, 2.24) is 9.29 Å². The van der Waals surface area contributed by atoms with Crippen molar-refractivity contribution in [2.45, 2.75) is 24.0 Å². The topological polar surface area (TPSA) is 96.6 Å². The monoisotopic (exact) mass is 538 g/mol. The van der Waals surface area contributed by atoms with E-state index in [1.807, 2.05) is 0 Å². The minimum Gasteiger partial charge on any atom is -0.366 e. The third-order valence-electron chi connectivity index (χ3n) is 5.96. The number of anilines is 1. The Labute approximate surface area is 211 Å². The summed E-state index contributed by atoms with van der Waals surface area (Å²) in [5.41, 5.74) is 6.06. The van der Waals surface area contributed by atoms with E-state index in [0.717, 1.165) is 12.1 Å². The molecular weight excluding hydrogens is 517 g/mol. The zero-order valence-electron chi connectivity index (χ0n) is 19.0. The van der Waals surface area contributed by atoms with E-state index in [9.17, 15) is 26.4 Å². The van der Waals surface area contributed by atoms with Crippen LogP contribution in [0.5, 0.6) is 0 Å². The molecule has 1 amide bonds. The van der Waals surface area contributed by atoms with Gasteiger partial charge >= 0.3 is 6.18 Å². The van der Waals surface area contributed by atoms with Crippen LogP contribution < -0.4 is 10.6 Å². The Morgan fingerprint density at radius 3 is 2.36 bits per heavy atom. The highest BCUT2D eigenvalue weighted by molar-refractivity contribution is 7.89. The van der Waals surface area contributed by atoms with Crippen molar-refractivity contribution in [3.05, 3.63) is 76.9 Å². The predicted octanol–water partition coefficient (Wildman–Crippen LogP) is 4.42. The van der Waals surface area contributed by atoms with Crippen molar-refractivity contribution in [2.75, 3.05) is 24.5 Å². The molecule has 36 heavy (non-hydrogen) atoms. The fraction of sp³-hybridized carbons (Fsp3) is 0.250. The molecule has 3 aromatic rings. The fourth-order valence-electron chi connectivity index (χ4n) is 4.21. The number of alkyl halides is 3. The number of aromatic nitrogens is 1. The van der Waals surface area contributed by atoms with Crippen LogP contribution in [-0.2, 0) is 16.2 Å². The van der Waals surface area contributed by atoms with Crippen molar-refractivity contribution in [1.29, 1.82) is 0 Å². The molecule has 2 heterocycles. The van der Waals surface area contributed by atoms with Gasteiger partial charge in [0.15, 0.2) is 0 Å². The SMILES string of the molecule is CC1CN(c2cc(C(F)(F)F)cc(Cl)n2)CCN1S(=O)(=O)c1ccc(-c2ccccc2C(N)=O)cc1. The second-order valence-corrected chi connectivity index (χ2v) is 10.7. The van der Waals surface area contributed by atoms with E-state index in [4.69, 9.17) is 17.3 Å². The van der Waals surface area contributed by atoms with E-state index in [0.29, 0.717) is 16.7 Å². The largest absolute Gasteiger partial charge is 0.416 e. The minimum absolute atomic E-state index is 0.0381. The van der Waals surface area contributed by atoms with E-state index in [-0.39, 0.29) is 35.5 Å². The number of nitrogens with two attached hydrogens (primary N) is 1. The van der Waals surface area contributed by atoms with E-state index in [1.165, 1.54) is 16.4 Å². The maximum absolute atomic E-state index is 13.4. The van der Waals surface area contributed by atoms with Gasteiger partial charge in [0, 0.05) is 31.2 Å². The maximum Gasteiger partial charge on any atom is 0.416 e. The Balaban J connectivity index is 1.54. The molecule has 2 aromatic carbocycles. The summed E-state index contributed by atoms with van der Waals surface area (Å²) in [6, 6.07) is 14.0. The number of benzene rings is 2. The summed E-state index contributed by atoms with van der Waals surface area (Å²) in [5.74, 6) is -0.554. The van der Waals surface area contributed by atoms with Crippen LogP contribution in [0.2, 0.25) is 5.15 Å². The third kappa shape index (κ3) is 5.18. The second kappa shape index (κ2) is 9.72. The van der Waals surface area contributed by atoms with Gasteiger partial charge < -0.3 is 10.6 Å². The third-order valence-corrected chi connectivity index (χ3v) is 8.18. The Bertz CT molecular complexity index is 1400. The minimum atomic E-state index is -4.58. The number of nitrogens with zero attached hydrogens (tertiary/aromatic N) is 3. The van der Waals surface area contributed by atoms with Gasteiger partial charge in [0.25, 0.3) is 0 Å². The van der Waals surface area contributed by atoms with E-state index in [1.54, 1.807) is 48.2 Å². The fourth-order valence-corrected chi connectivity index (χ4v) is 6.02. The molecule has 1 aliphatic rings. The standard InChI is InChI=1S/C24H22ClF3N4O3S/c1-15-14-31(22-13-17(24(26,27)28)12-21(25)30-22)10-11-32(15)36(34,35)18-8-6-16(7-9-18)19-4-2-3-5-20(19)23(29)33/h2-9,12-13,15H,10-11,14H2,1H3,(H2,29,33). The van der Waals surface area contributed by atoms with Gasteiger partial charge in [-0.15, -0.1) is 0 Å². The van der Waals surface area contributed by atoms with Crippen LogP contribution in [0.3, 0.4) is 0 Å². The lowest BCUT2D eigenvalue weighted by atomic mass is 9.99.